The summed E-state index contributed by atoms with van der Waals surface area (Å²) in [6.07, 6.45) is 26.1. The van der Waals surface area contributed by atoms with Gasteiger partial charge in [-0.1, -0.05) is 115 Å². The van der Waals surface area contributed by atoms with Crippen molar-refractivity contribution in [2.75, 3.05) is 0 Å². The lowest BCUT2D eigenvalue weighted by Gasteiger charge is -2.29. The Bertz CT molecular complexity index is 540. The molecule has 0 nitrogen and oxygen atoms in total. The zero-order valence-electron chi connectivity index (χ0n) is 20.3. The lowest BCUT2D eigenvalue weighted by Crippen LogP contribution is -2.14. The van der Waals surface area contributed by atoms with Crippen molar-refractivity contribution in [3.63, 3.8) is 0 Å². The Balaban J connectivity index is 1.27. The quantitative estimate of drug-likeness (QED) is 0.301. The molecular formula is C30H50. The second kappa shape index (κ2) is 13.6. The highest BCUT2D eigenvalue weighted by atomic mass is 14.3. The Morgan fingerprint density at radius 2 is 1.10 bits per heavy atom. The van der Waals surface area contributed by atoms with Crippen molar-refractivity contribution in [3.8, 4) is 0 Å². The minimum Gasteiger partial charge on any atom is -0.0654 e. The van der Waals surface area contributed by atoms with E-state index in [1.54, 1.807) is 11.1 Å². The lowest BCUT2D eigenvalue weighted by atomic mass is 9.77. The van der Waals surface area contributed by atoms with Crippen LogP contribution in [-0.2, 0) is 6.42 Å². The number of hydrogen-bond acceptors (Lipinski definition) is 0. The van der Waals surface area contributed by atoms with Crippen molar-refractivity contribution < 1.29 is 0 Å². The summed E-state index contributed by atoms with van der Waals surface area (Å²) in [4.78, 5) is 0. The molecule has 2 saturated carbocycles. The SMILES string of the molecule is CCCCC[C@H]1CC[C@H](CCCCc2ccc([C@H]3CC[C@H](CCC)CC3)cc2)CC1. The third-order valence-electron chi connectivity index (χ3n) is 8.50. The van der Waals surface area contributed by atoms with E-state index in [9.17, 15) is 0 Å². The fourth-order valence-electron chi connectivity index (χ4n) is 6.40. The average molecular weight is 411 g/mol. The minimum atomic E-state index is 0.837. The van der Waals surface area contributed by atoms with Crippen LogP contribution in [0.2, 0.25) is 0 Å². The normalized spacial score (nSPS) is 27.3. The van der Waals surface area contributed by atoms with E-state index >= 15 is 0 Å². The Morgan fingerprint density at radius 3 is 1.67 bits per heavy atom. The largest absolute Gasteiger partial charge is 0.0654 e. The summed E-state index contributed by atoms with van der Waals surface area (Å²) in [6.45, 7) is 4.66. The maximum Gasteiger partial charge on any atom is -0.0162 e. The van der Waals surface area contributed by atoms with Crippen LogP contribution in [0.5, 0.6) is 0 Å². The maximum absolute atomic E-state index is 2.46. The summed E-state index contributed by atoms with van der Waals surface area (Å²) >= 11 is 0. The Hall–Kier alpha value is -0.780. The molecular weight excluding hydrogens is 360 g/mol. The Morgan fingerprint density at radius 1 is 0.567 bits per heavy atom. The topological polar surface area (TPSA) is 0 Å². The van der Waals surface area contributed by atoms with Crippen molar-refractivity contribution >= 4 is 0 Å². The van der Waals surface area contributed by atoms with Crippen molar-refractivity contribution in [2.45, 2.75) is 135 Å². The van der Waals surface area contributed by atoms with Crippen LogP contribution in [0.25, 0.3) is 0 Å². The number of aryl methyl sites for hydroxylation is 1. The first-order valence-corrected chi connectivity index (χ1v) is 13.9. The van der Waals surface area contributed by atoms with Crippen LogP contribution in [0.3, 0.4) is 0 Å². The standard InChI is InChI=1S/C30H50/c1-3-5-6-10-26-13-15-27(16-14-26)11-7-8-12-28-19-23-30(24-20-28)29-21-17-25(9-4-2)18-22-29/h19-20,23-27,29H,3-18,21-22H2,1-2H3/t25-,26-,27-,29-. The van der Waals surface area contributed by atoms with Crippen LogP contribution in [0.1, 0.15) is 140 Å². The number of hydrogen-bond donors (Lipinski definition) is 0. The van der Waals surface area contributed by atoms with Gasteiger partial charge in [-0.25, -0.2) is 0 Å². The molecule has 2 fully saturated rings. The van der Waals surface area contributed by atoms with E-state index in [4.69, 9.17) is 0 Å². The zero-order chi connectivity index (χ0) is 21.0. The molecule has 0 heteroatoms. The van der Waals surface area contributed by atoms with Crippen molar-refractivity contribution in [3.05, 3.63) is 35.4 Å². The minimum absolute atomic E-state index is 0.837. The molecule has 0 spiro atoms. The summed E-state index contributed by atoms with van der Waals surface area (Å²) in [5.41, 5.74) is 3.18. The van der Waals surface area contributed by atoms with Crippen LogP contribution >= 0.6 is 0 Å². The van der Waals surface area contributed by atoms with E-state index in [1.165, 1.54) is 116 Å². The fourth-order valence-corrected chi connectivity index (χ4v) is 6.40. The van der Waals surface area contributed by atoms with Gasteiger partial charge < -0.3 is 0 Å². The van der Waals surface area contributed by atoms with Crippen LogP contribution in [0.15, 0.2) is 24.3 Å². The number of unbranched alkanes of at least 4 members (excludes halogenated alkanes) is 3. The van der Waals surface area contributed by atoms with Gasteiger partial charge in [-0.3, -0.25) is 0 Å². The molecule has 0 saturated heterocycles. The second-order valence-electron chi connectivity index (χ2n) is 10.9. The molecule has 0 heterocycles. The van der Waals surface area contributed by atoms with E-state index in [0.29, 0.717) is 0 Å². The molecule has 0 aliphatic heterocycles. The molecule has 0 amide bonds. The predicted molar refractivity (Wildman–Crippen MR) is 133 cm³/mol. The monoisotopic (exact) mass is 410 g/mol. The van der Waals surface area contributed by atoms with Gasteiger partial charge in [0.25, 0.3) is 0 Å². The summed E-state index contributed by atoms with van der Waals surface area (Å²) in [6, 6.07) is 9.80. The molecule has 1 aromatic carbocycles. The molecule has 0 atom stereocenters. The van der Waals surface area contributed by atoms with Gasteiger partial charge in [0.2, 0.25) is 0 Å². The van der Waals surface area contributed by atoms with Gasteiger partial charge in [0.15, 0.2) is 0 Å². The van der Waals surface area contributed by atoms with Crippen molar-refractivity contribution in [2.24, 2.45) is 17.8 Å². The third-order valence-corrected chi connectivity index (χ3v) is 8.50. The highest BCUT2D eigenvalue weighted by Gasteiger charge is 2.22. The first kappa shape index (κ1) is 23.9. The molecule has 170 valence electrons. The molecule has 2 aliphatic carbocycles. The predicted octanol–water partition coefficient (Wildman–Crippen LogP) is 9.86. The Labute approximate surface area is 188 Å². The third kappa shape index (κ3) is 8.05. The molecule has 0 aromatic heterocycles. The first-order valence-electron chi connectivity index (χ1n) is 13.9. The summed E-state index contributed by atoms with van der Waals surface area (Å²) < 4.78 is 0. The summed E-state index contributed by atoms with van der Waals surface area (Å²) in [5, 5.41) is 0. The van der Waals surface area contributed by atoms with Gasteiger partial charge in [0, 0.05) is 0 Å². The van der Waals surface area contributed by atoms with E-state index in [-0.39, 0.29) is 0 Å². The zero-order valence-corrected chi connectivity index (χ0v) is 20.3. The van der Waals surface area contributed by atoms with Gasteiger partial charge in [-0.15, -0.1) is 0 Å². The molecule has 2 aliphatic rings. The fraction of sp³-hybridized carbons (Fsp3) is 0.800. The van der Waals surface area contributed by atoms with Crippen LogP contribution in [0, 0.1) is 17.8 Å². The van der Waals surface area contributed by atoms with Gasteiger partial charge in [0.1, 0.15) is 0 Å². The van der Waals surface area contributed by atoms with E-state index in [0.717, 1.165) is 23.7 Å². The number of rotatable bonds is 12. The summed E-state index contributed by atoms with van der Waals surface area (Å²) in [5.74, 6) is 3.96. The van der Waals surface area contributed by atoms with Crippen LogP contribution in [-0.4, -0.2) is 0 Å². The van der Waals surface area contributed by atoms with Gasteiger partial charge in [-0.05, 0) is 73.3 Å². The highest BCUT2D eigenvalue weighted by molar-refractivity contribution is 5.26. The lowest BCUT2D eigenvalue weighted by molar-refractivity contribution is 0.245. The van der Waals surface area contributed by atoms with Crippen molar-refractivity contribution in [1.82, 2.24) is 0 Å². The number of benzene rings is 1. The highest BCUT2D eigenvalue weighted by Crippen LogP contribution is 2.38. The second-order valence-corrected chi connectivity index (χ2v) is 10.9. The molecule has 0 N–H and O–H groups in total. The molecule has 30 heavy (non-hydrogen) atoms. The van der Waals surface area contributed by atoms with E-state index < -0.39 is 0 Å². The van der Waals surface area contributed by atoms with E-state index in [1.807, 2.05) is 0 Å². The van der Waals surface area contributed by atoms with Crippen LogP contribution in [0.4, 0.5) is 0 Å². The average Bonchev–Trinajstić information content (AvgIpc) is 2.79. The van der Waals surface area contributed by atoms with Gasteiger partial charge >= 0.3 is 0 Å². The summed E-state index contributed by atoms with van der Waals surface area (Å²) in [7, 11) is 0. The maximum atomic E-state index is 2.46. The van der Waals surface area contributed by atoms with Gasteiger partial charge in [0.05, 0.1) is 0 Å². The van der Waals surface area contributed by atoms with Crippen molar-refractivity contribution in [1.29, 1.82) is 0 Å². The Kier molecular flexibility index (Phi) is 10.8. The van der Waals surface area contributed by atoms with E-state index in [2.05, 4.69) is 38.1 Å². The molecule has 1 aromatic rings. The molecule has 0 bridgehead atoms. The molecule has 0 radical (unpaired) electrons. The first-order chi connectivity index (χ1) is 14.8. The van der Waals surface area contributed by atoms with Gasteiger partial charge in [-0.2, -0.15) is 0 Å². The molecule has 3 rings (SSSR count). The molecule has 0 unspecified atom stereocenters. The van der Waals surface area contributed by atoms with Crippen LogP contribution < -0.4 is 0 Å². The smallest absolute Gasteiger partial charge is 0.0162 e.